The molecule has 0 atom stereocenters. The normalized spacial score (nSPS) is 10.6. The lowest BCUT2D eigenvalue weighted by molar-refractivity contribution is 0.903. The number of hydrogen-bond donors (Lipinski definition) is 0. The summed E-state index contributed by atoms with van der Waals surface area (Å²) in [5.41, 5.74) is 7.26. The number of aryl methyl sites for hydroxylation is 2. The van der Waals surface area contributed by atoms with Gasteiger partial charge in [0, 0.05) is 0 Å². The van der Waals surface area contributed by atoms with Gasteiger partial charge in [0.05, 0.1) is 0 Å². The van der Waals surface area contributed by atoms with Gasteiger partial charge in [-0.25, -0.2) is 0 Å². The Morgan fingerprint density at radius 3 is 2.17 bits per heavy atom. The van der Waals surface area contributed by atoms with Crippen LogP contribution in [0.25, 0.3) is 0 Å². The van der Waals surface area contributed by atoms with E-state index in [2.05, 4.69) is 63.2 Å². The van der Waals surface area contributed by atoms with Crippen molar-refractivity contribution in [3.63, 3.8) is 0 Å². The standard InChI is InChI=1S/C18H22/c1-4-8-16-10-5-6-11-18(16)13-17-12-7-9-14(2)15(17)3/h5-7,9-12H,4,8,13H2,1-3H3. The molecule has 0 heteroatoms. The highest BCUT2D eigenvalue weighted by molar-refractivity contribution is 5.39. The van der Waals surface area contributed by atoms with Gasteiger partial charge in [-0.3, -0.25) is 0 Å². The molecule has 0 spiro atoms. The average molecular weight is 238 g/mol. The Morgan fingerprint density at radius 2 is 1.44 bits per heavy atom. The highest BCUT2D eigenvalue weighted by atomic mass is 14.1. The molecular formula is C18H22. The molecule has 2 rings (SSSR count). The van der Waals surface area contributed by atoms with Crippen molar-refractivity contribution in [1.29, 1.82) is 0 Å². The quantitative estimate of drug-likeness (QED) is 0.714. The molecule has 0 N–H and O–H groups in total. The summed E-state index contributed by atoms with van der Waals surface area (Å²) in [5, 5.41) is 0. The zero-order chi connectivity index (χ0) is 13.0. The number of hydrogen-bond acceptors (Lipinski definition) is 0. The molecule has 0 aliphatic carbocycles. The monoisotopic (exact) mass is 238 g/mol. The minimum absolute atomic E-state index is 1.06. The summed E-state index contributed by atoms with van der Waals surface area (Å²) in [6, 6.07) is 15.5. The lowest BCUT2D eigenvalue weighted by Crippen LogP contribution is -1.98. The molecule has 94 valence electrons. The fourth-order valence-corrected chi connectivity index (χ4v) is 2.45. The Bertz CT molecular complexity index is 523. The summed E-state index contributed by atoms with van der Waals surface area (Å²) in [6.45, 7) is 6.67. The van der Waals surface area contributed by atoms with E-state index >= 15 is 0 Å². The maximum atomic E-state index is 2.27. The van der Waals surface area contributed by atoms with E-state index in [9.17, 15) is 0 Å². The second kappa shape index (κ2) is 5.86. The van der Waals surface area contributed by atoms with Crippen LogP contribution in [0.2, 0.25) is 0 Å². The van der Waals surface area contributed by atoms with Crippen molar-refractivity contribution in [1.82, 2.24) is 0 Å². The average Bonchev–Trinajstić information content (AvgIpc) is 2.37. The second-order valence-electron chi connectivity index (χ2n) is 5.05. The van der Waals surface area contributed by atoms with Crippen LogP contribution >= 0.6 is 0 Å². The molecule has 0 aliphatic heterocycles. The van der Waals surface area contributed by atoms with Crippen LogP contribution in [0.5, 0.6) is 0 Å². The molecular weight excluding hydrogens is 216 g/mol. The van der Waals surface area contributed by atoms with Crippen molar-refractivity contribution < 1.29 is 0 Å². The SMILES string of the molecule is CCCc1ccccc1Cc1cccc(C)c1C. The molecule has 0 bridgehead atoms. The molecule has 0 saturated carbocycles. The Hall–Kier alpha value is -1.56. The summed E-state index contributed by atoms with van der Waals surface area (Å²) >= 11 is 0. The Morgan fingerprint density at radius 1 is 0.778 bits per heavy atom. The van der Waals surface area contributed by atoms with Crippen molar-refractivity contribution in [3.8, 4) is 0 Å². The van der Waals surface area contributed by atoms with Gasteiger partial charge in [0.15, 0.2) is 0 Å². The predicted molar refractivity (Wildman–Crippen MR) is 79.2 cm³/mol. The van der Waals surface area contributed by atoms with Crippen LogP contribution in [0.3, 0.4) is 0 Å². The molecule has 2 aromatic carbocycles. The van der Waals surface area contributed by atoms with E-state index in [-0.39, 0.29) is 0 Å². The number of benzene rings is 2. The maximum Gasteiger partial charge on any atom is -0.00203 e. The molecule has 0 saturated heterocycles. The van der Waals surface area contributed by atoms with Crippen LogP contribution in [0.1, 0.15) is 41.2 Å². The van der Waals surface area contributed by atoms with Gasteiger partial charge in [0.1, 0.15) is 0 Å². The topological polar surface area (TPSA) is 0 Å². The first-order chi connectivity index (χ1) is 8.72. The van der Waals surface area contributed by atoms with Crippen molar-refractivity contribution in [2.45, 2.75) is 40.0 Å². The maximum absolute atomic E-state index is 2.27. The zero-order valence-electron chi connectivity index (χ0n) is 11.7. The molecule has 0 aromatic heterocycles. The smallest absolute Gasteiger partial charge is 0.00203 e. The number of rotatable bonds is 4. The first-order valence-electron chi connectivity index (χ1n) is 6.84. The van der Waals surface area contributed by atoms with Gasteiger partial charge in [-0.2, -0.15) is 0 Å². The van der Waals surface area contributed by atoms with Gasteiger partial charge < -0.3 is 0 Å². The molecule has 0 radical (unpaired) electrons. The minimum Gasteiger partial charge on any atom is -0.0651 e. The third-order valence-electron chi connectivity index (χ3n) is 3.74. The highest BCUT2D eigenvalue weighted by Crippen LogP contribution is 2.20. The van der Waals surface area contributed by atoms with Gasteiger partial charge in [-0.1, -0.05) is 55.8 Å². The van der Waals surface area contributed by atoms with E-state index in [4.69, 9.17) is 0 Å². The first kappa shape index (κ1) is 12.9. The summed E-state index contributed by atoms with van der Waals surface area (Å²) < 4.78 is 0. The van der Waals surface area contributed by atoms with E-state index in [0.29, 0.717) is 0 Å². The van der Waals surface area contributed by atoms with Crippen LogP contribution in [0.15, 0.2) is 42.5 Å². The lowest BCUT2D eigenvalue weighted by Gasteiger charge is -2.12. The molecule has 0 aliphatic rings. The Kier molecular flexibility index (Phi) is 4.19. The Balaban J connectivity index is 2.31. The fraction of sp³-hybridized carbons (Fsp3) is 0.333. The van der Waals surface area contributed by atoms with Crippen LogP contribution in [0.4, 0.5) is 0 Å². The van der Waals surface area contributed by atoms with E-state index < -0.39 is 0 Å². The van der Waals surface area contributed by atoms with Crippen molar-refractivity contribution in [2.75, 3.05) is 0 Å². The molecule has 2 aromatic rings. The molecule has 0 amide bonds. The zero-order valence-corrected chi connectivity index (χ0v) is 11.7. The van der Waals surface area contributed by atoms with E-state index in [1.54, 1.807) is 0 Å². The third kappa shape index (κ3) is 2.81. The summed E-state index contributed by atoms with van der Waals surface area (Å²) in [5.74, 6) is 0. The lowest BCUT2D eigenvalue weighted by atomic mass is 9.93. The highest BCUT2D eigenvalue weighted by Gasteiger charge is 2.05. The summed E-state index contributed by atoms with van der Waals surface area (Å²) in [6.07, 6.45) is 3.45. The van der Waals surface area contributed by atoms with E-state index in [1.165, 1.54) is 40.7 Å². The molecule has 0 unspecified atom stereocenters. The van der Waals surface area contributed by atoms with Crippen LogP contribution in [0, 0.1) is 13.8 Å². The molecule has 0 heterocycles. The first-order valence-corrected chi connectivity index (χ1v) is 6.84. The molecule has 0 nitrogen and oxygen atoms in total. The van der Waals surface area contributed by atoms with Gasteiger partial charge >= 0.3 is 0 Å². The van der Waals surface area contributed by atoms with Crippen molar-refractivity contribution in [2.24, 2.45) is 0 Å². The van der Waals surface area contributed by atoms with E-state index in [1.807, 2.05) is 0 Å². The largest absolute Gasteiger partial charge is 0.0651 e. The van der Waals surface area contributed by atoms with Crippen molar-refractivity contribution in [3.05, 3.63) is 70.3 Å². The van der Waals surface area contributed by atoms with E-state index in [0.717, 1.165) is 6.42 Å². The second-order valence-corrected chi connectivity index (χ2v) is 5.05. The van der Waals surface area contributed by atoms with Gasteiger partial charge in [-0.05, 0) is 54.5 Å². The predicted octanol–water partition coefficient (Wildman–Crippen LogP) is 4.85. The van der Waals surface area contributed by atoms with Gasteiger partial charge in [0.25, 0.3) is 0 Å². The molecule has 18 heavy (non-hydrogen) atoms. The summed E-state index contributed by atoms with van der Waals surface area (Å²) in [7, 11) is 0. The summed E-state index contributed by atoms with van der Waals surface area (Å²) in [4.78, 5) is 0. The van der Waals surface area contributed by atoms with Crippen LogP contribution in [-0.4, -0.2) is 0 Å². The van der Waals surface area contributed by atoms with Crippen LogP contribution < -0.4 is 0 Å². The van der Waals surface area contributed by atoms with Gasteiger partial charge in [-0.15, -0.1) is 0 Å². The van der Waals surface area contributed by atoms with Crippen molar-refractivity contribution >= 4 is 0 Å². The Labute approximate surface area is 111 Å². The fourth-order valence-electron chi connectivity index (χ4n) is 2.45. The van der Waals surface area contributed by atoms with Gasteiger partial charge in [0.2, 0.25) is 0 Å². The van der Waals surface area contributed by atoms with Crippen LogP contribution in [-0.2, 0) is 12.8 Å². The minimum atomic E-state index is 1.06. The third-order valence-corrected chi connectivity index (χ3v) is 3.74. The molecule has 0 fully saturated rings.